The second-order valence-electron chi connectivity index (χ2n) is 7.89. The van der Waals surface area contributed by atoms with E-state index >= 15 is 0 Å². The molecule has 4 aromatic rings. The van der Waals surface area contributed by atoms with Gasteiger partial charge in [-0.3, -0.25) is 4.79 Å². The van der Waals surface area contributed by atoms with Crippen molar-refractivity contribution in [2.75, 3.05) is 0 Å². The highest BCUT2D eigenvalue weighted by atomic mass is 19.4. The molecule has 0 amide bonds. The van der Waals surface area contributed by atoms with Crippen LogP contribution in [-0.4, -0.2) is 5.11 Å². The van der Waals surface area contributed by atoms with Gasteiger partial charge in [0.15, 0.2) is 0 Å². The summed E-state index contributed by atoms with van der Waals surface area (Å²) in [6.45, 7) is 4.07. The Morgan fingerprint density at radius 2 is 1.50 bits per heavy atom. The molecular formula is C25H19F3O4. The van der Waals surface area contributed by atoms with Crippen LogP contribution in [0.4, 0.5) is 13.2 Å². The lowest BCUT2D eigenvalue weighted by Crippen LogP contribution is -2.18. The highest BCUT2D eigenvalue weighted by Crippen LogP contribution is 2.39. The standard InChI is InChI=1S/C25H19F3O4/c1-24(2,15-6-4-3-5-7-15)16-8-11-18(12-9-16)31-22-21(30)19-13-10-17(29)14-20(19)32-23(22)25(26,27)28/h3-14,29H,1-2H3. The number of hydrogen-bond acceptors (Lipinski definition) is 4. The van der Waals surface area contributed by atoms with Crippen molar-refractivity contribution < 1.29 is 27.4 Å². The molecule has 1 N–H and O–H groups in total. The molecule has 0 saturated heterocycles. The number of fused-ring (bicyclic) bond motifs is 1. The zero-order valence-corrected chi connectivity index (χ0v) is 17.2. The van der Waals surface area contributed by atoms with Crippen molar-refractivity contribution >= 4 is 11.0 Å². The first kappa shape index (κ1) is 21.5. The Bertz CT molecular complexity index is 1320. The molecule has 0 atom stereocenters. The van der Waals surface area contributed by atoms with Crippen LogP contribution in [0.5, 0.6) is 17.2 Å². The number of phenols is 1. The molecule has 0 radical (unpaired) electrons. The van der Waals surface area contributed by atoms with Gasteiger partial charge in [0, 0.05) is 11.5 Å². The molecule has 164 valence electrons. The maximum atomic E-state index is 13.6. The van der Waals surface area contributed by atoms with Crippen LogP contribution in [0.1, 0.15) is 30.7 Å². The van der Waals surface area contributed by atoms with Crippen molar-refractivity contribution in [2.24, 2.45) is 0 Å². The Balaban J connectivity index is 1.74. The Kier molecular flexibility index (Phi) is 5.20. The Hall–Kier alpha value is -3.74. The van der Waals surface area contributed by atoms with Crippen molar-refractivity contribution in [2.45, 2.75) is 25.4 Å². The first-order valence-corrected chi connectivity index (χ1v) is 9.78. The lowest BCUT2D eigenvalue weighted by molar-refractivity contribution is -0.154. The van der Waals surface area contributed by atoms with Crippen LogP contribution in [0.25, 0.3) is 11.0 Å². The molecule has 0 aliphatic rings. The van der Waals surface area contributed by atoms with Gasteiger partial charge < -0.3 is 14.3 Å². The minimum absolute atomic E-state index is 0.0635. The van der Waals surface area contributed by atoms with Crippen molar-refractivity contribution in [3.63, 3.8) is 0 Å². The quantitative estimate of drug-likeness (QED) is 0.387. The molecule has 32 heavy (non-hydrogen) atoms. The first-order chi connectivity index (χ1) is 15.1. The fraction of sp³-hybridized carbons (Fsp3) is 0.160. The van der Waals surface area contributed by atoms with E-state index in [-0.39, 0.29) is 27.9 Å². The molecule has 0 aliphatic carbocycles. The summed E-state index contributed by atoms with van der Waals surface area (Å²) in [6.07, 6.45) is -4.97. The number of halogens is 3. The summed E-state index contributed by atoms with van der Waals surface area (Å²) in [6, 6.07) is 19.6. The van der Waals surface area contributed by atoms with Gasteiger partial charge in [-0.25, -0.2) is 0 Å². The fourth-order valence-electron chi connectivity index (χ4n) is 3.52. The Morgan fingerprint density at radius 3 is 2.12 bits per heavy atom. The number of hydrogen-bond donors (Lipinski definition) is 1. The maximum absolute atomic E-state index is 13.6. The number of ether oxygens (including phenoxy) is 1. The summed E-state index contributed by atoms with van der Waals surface area (Å²) in [4.78, 5) is 12.8. The van der Waals surface area contributed by atoms with Gasteiger partial charge in [0.1, 0.15) is 17.1 Å². The molecule has 4 rings (SSSR count). The predicted octanol–water partition coefficient (Wildman–Crippen LogP) is 6.64. The summed E-state index contributed by atoms with van der Waals surface area (Å²) in [7, 11) is 0. The average Bonchev–Trinajstić information content (AvgIpc) is 2.75. The van der Waals surface area contributed by atoms with Gasteiger partial charge in [-0.15, -0.1) is 0 Å². The number of benzene rings is 3. The molecule has 0 fully saturated rings. The summed E-state index contributed by atoms with van der Waals surface area (Å²) in [5, 5.41) is 9.39. The Labute approximate surface area is 181 Å². The van der Waals surface area contributed by atoms with Crippen LogP contribution in [0, 0.1) is 0 Å². The van der Waals surface area contributed by atoms with Crippen LogP contribution in [0.15, 0.2) is 82.0 Å². The topological polar surface area (TPSA) is 59.7 Å². The smallest absolute Gasteiger partial charge is 0.453 e. The highest BCUT2D eigenvalue weighted by molar-refractivity contribution is 5.79. The summed E-state index contributed by atoms with van der Waals surface area (Å²) in [5.41, 5.74) is 0.294. The molecule has 7 heteroatoms. The van der Waals surface area contributed by atoms with E-state index in [1.165, 1.54) is 24.3 Å². The molecule has 4 nitrogen and oxygen atoms in total. The third-order valence-corrected chi connectivity index (χ3v) is 5.38. The molecule has 3 aromatic carbocycles. The van der Waals surface area contributed by atoms with Gasteiger partial charge in [0.25, 0.3) is 5.76 Å². The molecule has 0 saturated carbocycles. The summed E-state index contributed by atoms with van der Waals surface area (Å²) in [5.74, 6) is -2.77. The number of alkyl halides is 3. The van der Waals surface area contributed by atoms with E-state index < -0.39 is 23.1 Å². The largest absolute Gasteiger partial charge is 0.508 e. The van der Waals surface area contributed by atoms with E-state index in [2.05, 4.69) is 0 Å². The Morgan fingerprint density at radius 1 is 0.875 bits per heavy atom. The van der Waals surface area contributed by atoms with Gasteiger partial charge in [-0.1, -0.05) is 56.3 Å². The van der Waals surface area contributed by atoms with Gasteiger partial charge in [-0.2, -0.15) is 13.2 Å². The van der Waals surface area contributed by atoms with E-state index in [4.69, 9.17) is 9.15 Å². The molecule has 0 spiro atoms. The molecule has 1 aromatic heterocycles. The van der Waals surface area contributed by atoms with Gasteiger partial charge in [0.05, 0.1) is 5.39 Å². The second-order valence-corrected chi connectivity index (χ2v) is 7.89. The third kappa shape index (κ3) is 3.93. The fourth-order valence-corrected chi connectivity index (χ4v) is 3.52. The molecule has 0 unspecified atom stereocenters. The zero-order chi connectivity index (χ0) is 23.1. The van der Waals surface area contributed by atoms with Gasteiger partial charge in [0.2, 0.25) is 11.2 Å². The lowest BCUT2D eigenvalue weighted by atomic mass is 9.78. The third-order valence-electron chi connectivity index (χ3n) is 5.38. The van der Waals surface area contributed by atoms with Crippen molar-refractivity contribution in [3.8, 4) is 17.2 Å². The van der Waals surface area contributed by atoms with E-state index in [1.54, 1.807) is 12.1 Å². The monoisotopic (exact) mass is 440 g/mol. The average molecular weight is 440 g/mol. The normalized spacial score (nSPS) is 12.2. The predicted molar refractivity (Wildman–Crippen MR) is 114 cm³/mol. The number of aromatic hydroxyl groups is 1. The van der Waals surface area contributed by atoms with E-state index in [1.807, 2.05) is 44.2 Å². The number of phenolic OH excluding ortho intramolecular Hbond substituents is 1. The lowest BCUT2D eigenvalue weighted by Gasteiger charge is -2.26. The van der Waals surface area contributed by atoms with Gasteiger partial charge in [-0.05, 0) is 35.4 Å². The van der Waals surface area contributed by atoms with Crippen molar-refractivity contribution in [1.82, 2.24) is 0 Å². The van der Waals surface area contributed by atoms with Crippen LogP contribution in [0.2, 0.25) is 0 Å². The van der Waals surface area contributed by atoms with E-state index in [9.17, 15) is 23.1 Å². The van der Waals surface area contributed by atoms with Crippen LogP contribution in [-0.2, 0) is 11.6 Å². The van der Waals surface area contributed by atoms with Crippen molar-refractivity contribution in [1.29, 1.82) is 0 Å². The minimum Gasteiger partial charge on any atom is -0.508 e. The number of rotatable bonds is 4. The minimum atomic E-state index is -4.97. The summed E-state index contributed by atoms with van der Waals surface area (Å²) >= 11 is 0. The van der Waals surface area contributed by atoms with Crippen LogP contribution < -0.4 is 10.2 Å². The molecule has 1 heterocycles. The molecule has 0 bridgehead atoms. The van der Waals surface area contributed by atoms with Crippen LogP contribution >= 0.6 is 0 Å². The summed E-state index contributed by atoms with van der Waals surface area (Å²) < 4.78 is 51.1. The molecule has 0 aliphatic heterocycles. The second kappa shape index (κ2) is 7.75. The van der Waals surface area contributed by atoms with E-state index in [0.717, 1.165) is 17.2 Å². The first-order valence-electron chi connectivity index (χ1n) is 9.78. The maximum Gasteiger partial charge on any atom is 0.453 e. The van der Waals surface area contributed by atoms with Crippen LogP contribution in [0.3, 0.4) is 0 Å². The van der Waals surface area contributed by atoms with Gasteiger partial charge >= 0.3 is 6.18 Å². The highest BCUT2D eigenvalue weighted by Gasteiger charge is 2.40. The van der Waals surface area contributed by atoms with E-state index in [0.29, 0.717) is 0 Å². The van der Waals surface area contributed by atoms with Crippen molar-refractivity contribution in [3.05, 3.63) is 99.9 Å². The zero-order valence-electron chi connectivity index (χ0n) is 17.2. The molecular weight excluding hydrogens is 421 g/mol. The SMILES string of the molecule is CC(C)(c1ccccc1)c1ccc(Oc2c(C(F)(F)F)oc3cc(O)ccc3c2=O)cc1.